The number of carbonyl (C=O) groups is 1. The summed E-state index contributed by atoms with van der Waals surface area (Å²) in [6, 6.07) is 0. The van der Waals surface area contributed by atoms with E-state index in [0.29, 0.717) is 6.42 Å². The third-order valence-electron chi connectivity index (χ3n) is 1.26. The largest absolute Gasteiger partial charge is 0.481 e. The van der Waals surface area contributed by atoms with Crippen molar-refractivity contribution in [3.05, 3.63) is 0 Å². The van der Waals surface area contributed by atoms with Gasteiger partial charge in [0.25, 0.3) is 0 Å². The summed E-state index contributed by atoms with van der Waals surface area (Å²) in [5.74, 6) is -1.21. The van der Waals surface area contributed by atoms with Crippen molar-refractivity contribution in [1.29, 1.82) is 0 Å². The first-order valence-corrected chi connectivity index (χ1v) is 2.98. The first-order chi connectivity index (χ1) is 4.20. The summed E-state index contributed by atoms with van der Waals surface area (Å²) < 4.78 is 11.8. The molecular weight excluding hydrogens is 123 g/mol. The molecule has 0 heterocycles. The molecule has 0 aliphatic rings. The van der Waals surface area contributed by atoms with Gasteiger partial charge < -0.3 is 5.11 Å². The maximum absolute atomic E-state index is 11.8. The van der Waals surface area contributed by atoms with Crippen molar-refractivity contribution in [3.8, 4) is 0 Å². The molecule has 1 N–H and O–H groups in total. The summed E-state index contributed by atoms with van der Waals surface area (Å²) in [5, 5.41) is 8.18. The van der Waals surface area contributed by atoms with Crippen molar-refractivity contribution in [1.82, 2.24) is 0 Å². The SMILES string of the molecule is CCC(CF)CC(=O)O. The highest BCUT2D eigenvalue weighted by Crippen LogP contribution is 2.07. The lowest BCUT2D eigenvalue weighted by Crippen LogP contribution is -2.08. The zero-order valence-electron chi connectivity index (χ0n) is 5.43. The molecule has 0 bridgehead atoms. The van der Waals surface area contributed by atoms with Crippen LogP contribution >= 0.6 is 0 Å². The molecule has 0 aliphatic carbocycles. The Hall–Kier alpha value is -0.600. The number of hydrogen-bond donors (Lipinski definition) is 1. The minimum atomic E-state index is -0.917. The minimum absolute atomic E-state index is 0.0486. The second kappa shape index (κ2) is 4.30. The maximum Gasteiger partial charge on any atom is 0.303 e. The Labute approximate surface area is 53.7 Å². The Kier molecular flexibility index (Phi) is 4.01. The lowest BCUT2D eigenvalue weighted by molar-refractivity contribution is -0.138. The molecule has 0 radical (unpaired) electrons. The Morgan fingerprint density at radius 3 is 2.44 bits per heavy atom. The van der Waals surface area contributed by atoms with Crippen LogP contribution in [0.2, 0.25) is 0 Å². The molecule has 1 unspecified atom stereocenters. The first kappa shape index (κ1) is 8.40. The molecule has 0 fully saturated rings. The second-order valence-corrected chi connectivity index (χ2v) is 2.03. The predicted molar refractivity (Wildman–Crippen MR) is 32.0 cm³/mol. The molecular formula is C6H11FO2. The van der Waals surface area contributed by atoms with Crippen LogP contribution in [0.25, 0.3) is 0 Å². The molecule has 0 aromatic heterocycles. The molecule has 54 valence electrons. The lowest BCUT2D eigenvalue weighted by atomic mass is 10.1. The van der Waals surface area contributed by atoms with Crippen molar-refractivity contribution >= 4 is 5.97 Å². The number of rotatable bonds is 4. The van der Waals surface area contributed by atoms with Crippen molar-refractivity contribution in [2.24, 2.45) is 5.92 Å². The van der Waals surface area contributed by atoms with Crippen LogP contribution in [-0.2, 0) is 4.79 Å². The smallest absolute Gasteiger partial charge is 0.303 e. The summed E-state index contributed by atoms with van der Waals surface area (Å²) in [7, 11) is 0. The van der Waals surface area contributed by atoms with Gasteiger partial charge in [-0.05, 0) is 5.92 Å². The van der Waals surface area contributed by atoms with Crippen molar-refractivity contribution in [2.45, 2.75) is 19.8 Å². The molecule has 0 aromatic rings. The summed E-state index contributed by atoms with van der Waals surface area (Å²) in [6.45, 7) is 1.26. The molecule has 0 rings (SSSR count). The highest BCUT2D eigenvalue weighted by atomic mass is 19.1. The average molecular weight is 134 g/mol. The molecule has 3 heteroatoms. The molecule has 2 nitrogen and oxygen atoms in total. The number of hydrogen-bond acceptors (Lipinski definition) is 1. The van der Waals surface area contributed by atoms with Gasteiger partial charge in [-0.15, -0.1) is 0 Å². The van der Waals surface area contributed by atoms with Crippen LogP contribution in [0.15, 0.2) is 0 Å². The number of carboxylic acids is 1. The van der Waals surface area contributed by atoms with Gasteiger partial charge >= 0.3 is 5.97 Å². The lowest BCUT2D eigenvalue weighted by Gasteiger charge is -2.04. The van der Waals surface area contributed by atoms with Crippen LogP contribution < -0.4 is 0 Å². The van der Waals surface area contributed by atoms with Crippen LogP contribution in [0.1, 0.15) is 19.8 Å². The number of aliphatic carboxylic acids is 1. The molecule has 0 amide bonds. The molecule has 0 aliphatic heterocycles. The Bertz CT molecular complexity index is 89.1. The molecule has 0 saturated carbocycles. The molecule has 9 heavy (non-hydrogen) atoms. The average Bonchev–Trinajstić information content (AvgIpc) is 1.82. The fourth-order valence-corrected chi connectivity index (χ4v) is 0.555. The fraction of sp³-hybridized carbons (Fsp3) is 0.833. The minimum Gasteiger partial charge on any atom is -0.481 e. The summed E-state index contributed by atoms with van der Waals surface area (Å²) in [4.78, 5) is 9.96. The first-order valence-electron chi connectivity index (χ1n) is 2.98. The van der Waals surface area contributed by atoms with Gasteiger partial charge in [-0.3, -0.25) is 9.18 Å². The predicted octanol–water partition coefficient (Wildman–Crippen LogP) is 1.46. The fourth-order valence-electron chi connectivity index (χ4n) is 0.555. The van der Waals surface area contributed by atoms with Crippen LogP contribution in [0, 0.1) is 5.92 Å². The topological polar surface area (TPSA) is 37.3 Å². The van der Waals surface area contributed by atoms with E-state index in [1.807, 2.05) is 0 Å². The van der Waals surface area contributed by atoms with E-state index in [2.05, 4.69) is 0 Å². The standard InChI is InChI=1S/C6H11FO2/c1-2-5(4-7)3-6(8)9/h5H,2-4H2,1H3,(H,8,9). The van der Waals surface area contributed by atoms with Gasteiger partial charge in [0, 0.05) is 0 Å². The normalized spacial score (nSPS) is 13.1. The van der Waals surface area contributed by atoms with Crippen molar-refractivity contribution in [2.75, 3.05) is 6.67 Å². The van der Waals surface area contributed by atoms with Crippen molar-refractivity contribution < 1.29 is 14.3 Å². The van der Waals surface area contributed by atoms with Gasteiger partial charge in [-0.2, -0.15) is 0 Å². The molecule has 0 aromatic carbocycles. The quantitative estimate of drug-likeness (QED) is 0.632. The highest BCUT2D eigenvalue weighted by molar-refractivity contribution is 5.66. The van der Waals surface area contributed by atoms with Gasteiger partial charge in [-0.25, -0.2) is 0 Å². The maximum atomic E-state index is 11.8. The highest BCUT2D eigenvalue weighted by Gasteiger charge is 2.09. The van der Waals surface area contributed by atoms with E-state index in [9.17, 15) is 9.18 Å². The van der Waals surface area contributed by atoms with E-state index in [1.165, 1.54) is 0 Å². The zero-order chi connectivity index (χ0) is 7.28. The Balaban J connectivity index is 3.43. The number of alkyl halides is 1. The second-order valence-electron chi connectivity index (χ2n) is 2.03. The summed E-state index contributed by atoms with van der Waals surface area (Å²) in [6.07, 6.45) is 0.551. The zero-order valence-corrected chi connectivity index (χ0v) is 5.43. The van der Waals surface area contributed by atoms with Crippen LogP contribution in [0.4, 0.5) is 4.39 Å². The van der Waals surface area contributed by atoms with Gasteiger partial charge in [0.2, 0.25) is 0 Å². The van der Waals surface area contributed by atoms with Gasteiger partial charge in [0.15, 0.2) is 0 Å². The Morgan fingerprint density at radius 2 is 2.33 bits per heavy atom. The molecule has 0 spiro atoms. The van der Waals surface area contributed by atoms with Crippen LogP contribution in [0.3, 0.4) is 0 Å². The van der Waals surface area contributed by atoms with Gasteiger partial charge in [0.05, 0.1) is 13.1 Å². The van der Waals surface area contributed by atoms with Crippen LogP contribution in [0.5, 0.6) is 0 Å². The Morgan fingerprint density at radius 1 is 1.78 bits per heavy atom. The summed E-state index contributed by atoms with van der Waals surface area (Å²) >= 11 is 0. The third-order valence-corrected chi connectivity index (χ3v) is 1.26. The number of carboxylic acid groups (broad SMARTS) is 1. The van der Waals surface area contributed by atoms with Crippen LogP contribution in [-0.4, -0.2) is 17.8 Å². The van der Waals surface area contributed by atoms with E-state index in [0.717, 1.165) is 0 Å². The van der Waals surface area contributed by atoms with E-state index in [-0.39, 0.29) is 12.3 Å². The molecule has 0 saturated heterocycles. The van der Waals surface area contributed by atoms with E-state index >= 15 is 0 Å². The van der Waals surface area contributed by atoms with E-state index < -0.39 is 12.6 Å². The van der Waals surface area contributed by atoms with E-state index in [4.69, 9.17) is 5.11 Å². The van der Waals surface area contributed by atoms with Crippen molar-refractivity contribution in [3.63, 3.8) is 0 Å². The third kappa shape index (κ3) is 3.94. The van der Waals surface area contributed by atoms with Gasteiger partial charge in [-0.1, -0.05) is 13.3 Å². The van der Waals surface area contributed by atoms with Gasteiger partial charge in [0.1, 0.15) is 0 Å². The van der Waals surface area contributed by atoms with E-state index in [1.54, 1.807) is 6.92 Å². The molecule has 1 atom stereocenters. The monoisotopic (exact) mass is 134 g/mol. The summed E-state index contributed by atoms with van der Waals surface area (Å²) in [5.41, 5.74) is 0. The number of halogens is 1.